The Morgan fingerprint density at radius 1 is 0.274 bits per heavy atom. The molecule has 0 fully saturated rings. The van der Waals surface area contributed by atoms with Crippen LogP contribution >= 0.6 is 0 Å². The number of ether oxygens (including phenoxy) is 3. The second-order valence-electron chi connectivity index (χ2n) is 20.6. The Hall–Kier alpha value is -1.59. The van der Waals surface area contributed by atoms with Crippen LogP contribution in [0.1, 0.15) is 305 Å². The Balaban J connectivity index is 4.20. The molecule has 0 bridgehead atoms. The average Bonchev–Trinajstić information content (AvgIpc) is 3.23. The smallest absolute Gasteiger partial charge is 0.306 e. The molecule has 0 aromatic rings. The van der Waals surface area contributed by atoms with Gasteiger partial charge in [-0.3, -0.25) is 14.4 Å². The summed E-state index contributed by atoms with van der Waals surface area (Å²) in [7, 11) is 0. The van der Waals surface area contributed by atoms with Crippen LogP contribution in [0.2, 0.25) is 0 Å². The van der Waals surface area contributed by atoms with Crippen LogP contribution in [0.15, 0.2) is 0 Å². The van der Waals surface area contributed by atoms with E-state index in [9.17, 15) is 14.4 Å². The van der Waals surface area contributed by atoms with Gasteiger partial charge in [-0.25, -0.2) is 0 Å². The first-order valence-electron chi connectivity index (χ1n) is 27.6. The highest BCUT2D eigenvalue weighted by molar-refractivity contribution is 5.71. The zero-order valence-corrected chi connectivity index (χ0v) is 42.7. The van der Waals surface area contributed by atoms with E-state index in [1.165, 1.54) is 186 Å². The van der Waals surface area contributed by atoms with Crippen molar-refractivity contribution in [2.24, 2.45) is 17.8 Å². The summed E-state index contributed by atoms with van der Waals surface area (Å²) >= 11 is 0. The molecule has 0 saturated carbocycles. The van der Waals surface area contributed by atoms with Crippen molar-refractivity contribution in [1.82, 2.24) is 0 Å². The van der Waals surface area contributed by atoms with Crippen LogP contribution < -0.4 is 0 Å². The van der Waals surface area contributed by atoms with E-state index in [0.717, 1.165) is 75.5 Å². The number of hydrogen-bond donors (Lipinski definition) is 0. The third-order valence-corrected chi connectivity index (χ3v) is 12.6. The van der Waals surface area contributed by atoms with Gasteiger partial charge in [0.1, 0.15) is 13.2 Å². The molecule has 6 nitrogen and oxygen atoms in total. The summed E-state index contributed by atoms with van der Waals surface area (Å²) in [5.74, 6) is 1.60. The first kappa shape index (κ1) is 60.4. The van der Waals surface area contributed by atoms with Gasteiger partial charge in [-0.15, -0.1) is 0 Å². The summed E-state index contributed by atoms with van der Waals surface area (Å²) < 4.78 is 16.8. The highest BCUT2D eigenvalue weighted by Gasteiger charge is 2.19. The number of hydrogen-bond acceptors (Lipinski definition) is 6. The summed E-state index contributed by atoms with van der Waals surface area (Å²) in [6.45, 7) is 13.7. The third kappa shape index (κ3) is 49.4. The highest BCUT2D eigenvalue weighted by Crippen LogP contribution is 2.18. The lowest BCUT2D eigenvalue weighted by Crippen LogP contribution is -2.30. The molecule has 368 valence electrons. The Morgan fingerprint density at radius 2 is 0.468 bits per heavy atom. The lowest BCUT2D eigenvalue weighted by atomic mass is 10.0. The molecule has 0 radical (unpaired) electrons. The normalized spacial score (nSPS) is 12.1. The molecule has 0 aromatic carbocycles. The van der Waals surface area contributed by atoms with Crippen molar-refractivity contribution in [2.75, 3.05) is 13.2 Å². The van der Waals surface area contributed by atoms with E-state index in [4.69, 9.17) is 14.2 Å². The third-order valence-electron chi connectivity index (χ3n) is 12.6. The van der Waals surface area contributed by atoms with Crippen molar-refractivity contribution in [2.45, 2.75) is 311 Å². The largest absolute Gasteiger partial charge is 0.462 e. The van der Waals surface area contributed by atoms with E-state index < -0.39 is 6.10 Å². The van der Waals surface area contributed by atoms with E-state index >= 15 is 0 Å². The molecule has 0 spiro atoms. The van der Waals surface area contributed by atoms with E-state index in [1.807, 2.05) is 0 Å². The van der Waals surface area contributed by atoms with E-state index in [-0.39, 0.29) is 31.1 Å². The minimum absolute atomic E-state index is 0.0650. The van der Waals surface area contributed by atoms with Gasteiger partial charge in [0.15, 0.2) is 6.10 Å². The van der Waals surface area contributed by atoms with E-state index in [0.29, 0.717) is 19.3 Å². The molecule has 0 aromatic heterocycles. The van der Waals surface area contributed by atoms with Crippen LogP contribution in [-0.2, 0) is 28.6 Å². The fourth-order valence-electron chi connectivity index (χ4n) is 8.47. The van der Waals surface area contributed by atoms with Crippen LogP contribution in [0.25, 0.3) is 0 Å². The average molecular weight is 877 g/mol. The molecule has 0 unspecified atom stereocenters. The second kappa shape index (κ2) is 47.4. The predicted octanol–water partition coefficient (Wildman–Crippen LogP) is 17.9. The van der Waals surface area contributed by atoms with Crippen LogP contribution in [0.3, 0.4) is 0 Å². The monoisotopic (exact) mass is 877 g/mol. The lowest BCUT2D eigenvalue weighted by molar-refractivity contribution is -0.167. The molecule has 0 amide bonds. The molecule has 0 heterocycles. The molecule has 0 N–H and O–H groups in total. The predicted molar refractivity (Wildman–Crippen MR) is 266 cm³/mol. The van der Waals surface area contributed by atoms with Crippen LogP contribution in [-0.4, -0.2) is 37.2 Å². The van der Waals surface area contributed by atoms with Gasteiger partial charge in [-0.1, -0.05) is 266 Å². The minimum atomic E-state index is -0.763. The molecule has 0 saturated heterocycles. The summed E-state index contributed by atoms with van der Waals surface area (Å²) in [4.78, 5) is 38.0. The first-order chi connectivity index (χ1) is 30.1. The van der Waals surface area contributed by atoms with Gasteiger partial charge in [0.05, 0.1) is 0 Å². The van der Waals surface area contributed by atoms with Crippen molar-refractivity contribution >= 4 is 17.9 Å². The standard InChI is InChI=1S/C56H108O6/c1-50(2)42-36-30-24-20-16-12-8-7-9-14-18-22-26-33-39-45-54(57)60-48-53(62-56(59)47-41-35-29-28-32-38-44-52(5)6)49-61-55(58)46-40-34-27-23-19-15-11-10-13-17-21-25-31-37-43-51(3)4/h50-53H,7-49H2,1-6H3/t53-/m1/s1. The summed E-state index contributed by atoms with van der Waals surface area (Å²) in [5.41, 5.74) is 0. The van der Waals surface area contributed by atoms with E-state index in [2.05, 4.69) is 41.5 Å². The van der Waals surface area contributed by atoms with Crippen LogP contribution in [0.4, 0.5) is 0 Å². The Morgan fingerprint density at radius 3 is 0.694 bits per heavy atom. The highest BCUT2D eigenvalue weighted by atomic mass is 16.6. The van der Waals surface area contributed by atoms with Crippen molar-refractivity contribution in [3.8, 4) is 0 Å². The Labute approximate surface area is 387 Å². The number of rotatable bonds is 49. The number of unbranched alkanes of at least 4 members (excludes halogenated alkanes) is 32. The Kier molecular flexibility index (Phi) is 46.2. The number of carbonyl (C=O) groups is 3. The van der Waals surface area contributed by atoms with Gasteiger partial charge < -0.3 is 14.2 Å². The van der Waals surface area contributed by atoms with Gasteiger partial charge in [0.25, 0.3) is 0 Å². The molecule has 0 rings (SSSR count). The maximum Gasteiger partial charge on any atom is 0.306 e. The van der Waals surface area contributed by atoms with Gasteiger partial charge >= 0.3 is 17.9 Å². The van der Waals surface area contributed by atoms with Gasteiger partial charge in [-0.05, 0) is 37.0 Å². The molecule has 62 heavy (non-hydrogen) atoms. The Bertz CT molecular complexity index is 960. The fourth-order valence-corrected chi connectivity index (χ4v) is 8.47. The summed E-state index contributed by atoms with van der Waals surface area (Å²) in [5, 5.41) is 0. The second-order valence-corrected chi connectivity index (χ2v) is 20.6. The fraction of sp³-hybridized carbons (Fsp3) is 0.946. The maximum atomic E-state index is 12.7. The quantitative estimate of drug-likeness (QED) is 0.0344. The maximum absolute atomic E-state index is 12.7. The number of carbonyl (C=O) groups excluding carboxylic acids is 3. The number of esters is 3. The molecular formula is C56H108O6. The first-order valence-corrected chi connectivity index (χ1v) is 27.6. The molecule has 6 heteroatoms. The van der Waals surface area contributed by atoms with Crippen molar-refractivity contribution in [3.05, 3.63) is 0 Å². The topological polar surface area (TPSA) is 78.9 Å². The van der Waals surface area contributed by atoms with Crippen molar-refractivity contribution in [1.29, 1.82) is 0 Å². The minimum Gasteiger partial charge on any atom is -0.462 e. The molecule has 0 aliphatic rings. The zero-order valence-electron chi connectivity index (χ0n) is 42.7. The zero-order chi connectivity index (χ0) is 45.6. The molecular weight excluding hydrogens is 769 g/mol. The lowest BCUT2D eigenvalue weighted by Gasteiger charge is -2.18. The van der Waals surface area contributed by atoms with Crippen molar-refractivity contribution < 1.29 is 28.6 Å². The van der Waals surface area contributed by atoms with Crippen molar-refractivity contribution in [3.63, 3.8) is 0 Å². The van der Waals surface area contributed by atoms with Gasteiger partial charge in [0.2, 0.25) is 0 Å². The SMILES string of the molecule is CC(C)CCCCCCCCCCCCCCCCCC(=O)OC[C@H](COC(=O)CCCCCCCCCCCCCCCCC(C)C)OC(=O)CCCCCCCCC(C)C. The summed E-state index contributed by atoms with van der Waals surface area (Å²) in [6.07, 6.45) is 48.2. The molecule has 0 aliphatic carbocycles. The molecule has 0 aliphatic heterocycles. The van der Waals surface area contributed by atoms with Crippen LogP contribution in [0.5, 0.6) is 0 Å². The summed E-state index contributed by atoms with van der Waals surface area (Å²) in [6, 6.07) is 0. The van der Waals surface area contributed by atoms with Gasteiger partial charge in [-0.2, -0.15) is 0 Å². The van der Waals surface area contributed by atoms with Gasteiger partial charge in [0, 0.05) is 19.3 Å². The van der Waals surface area contributed by atoms with E-state index in [1.54, 1.807) is 0 Å². The molecule has 1 atom stereocenters. The van der Waals surface area contributed by atoms with Crippen LogP contribution in [0, 0.1) is 17.8 Å².